The minimum absolute atomic E-state index is 0.197. The number of aliphatic hydroxyl groups excluding tert-OH is 1. The van der Waals surface area contributed by atoms with Crippen molar-refractivity contribution in [1.29, 1.82) is 0 Å². The lowest BCUT2D eigenvalue weighted by atomic mass is 10.1. The molecule has 14 heavy (non-hydrogen) atoms. The van der Waals surface area contributed by atoms with Gasteiger partial charge in [-0.2, -0.15) is 0 Å². The molecule has 0 fully saturated rings. The molecule has 0 spiro atoms. The summed E-state index contributed by atoms with van der Waals surface area (Å²) >= 11 is 0. The minimum Gasteiger partial charge on any atom is -0.396 e. The first kappa shape index (κ1) is 10.6. The Hall–Kier alpha value is -1.46. The van der Waals surface area contributed by atoms with Gasteiger partial charge in [0.25, 0.3) is 0 Å². The van der Waals surface area contributed by atoms with Gasteiger partial charge in [0, 0.05) is 24.8 Å². The molecule has 0 saturated carbocycles. The van der Waals surface area contributed by atoms with Crippen molar-refractivity contribution in [3.05, 3.63) is 35.4 Å². The van der Waals surface area contributed by atoms with Crippen molar-refractivity contribution < 1.29 is 5.11 Å². The van der Waals surface area contributed by atoms with E-state index in [9.17, 15) is 0 Å². The Bertz CT molecular complexity index is 318. The molecule has 0 heterocycles. The van der Waals surface area contributed by atoms with E-state index >= 15 is 0 Å². The van der Waals surface area contributed by atoms with Crippen LogP contribution in [0.1, 0.15) is 18.1 Å². The summed E-state index contributed by atoms with van der Waals surface area (Å²) in [6.07, 6.45) is 0.709. The van der Waals surface area contributed by atoms with Crippen LogP contribution in [0.3, 0.4) is 0 Å². The fourth-order valence-electron chi connectivity index (χ4n) is 1.09. The van der Waals surface area contributed by atoms with Crippen molar-refractivity contribution in [2.24, 2.45) is 0 Å². The number of hydrogen-bond donors (Lipinski definition) is 2. The summed E-state index contributed by atoms with van der Waals surface area (Å²) in [5, 5.41) is 11.7. The summed E-state index contributed by atoms with van der Waals surface area (Å²) < 4.78 is 0. The summed E-state index contributed by atoms with van der Waals surface area (Å²) in [6.45, 7) is 3.07. The summed E-state index contributed by atoms with van der Waals surface area (Å²) in [6, 6.07) is 10.8. The van der Waals surface area contributed by atoms with Crippen LogP contribution < -0.4 is 5.32 Å². The van der Waals surface area contributed by atoms with Crippen LogP contribution in [0.15, 0.2) is 24.3 Å². The molecule has 1 aromatic carbocycles. The van der Waals surface area contributed by atoms with E-state index < -0.39 is 0 Å². The Morgan fingerprint density at radius 3 is 2.57 bits per heavy atom. The zero-order valence-electron chi connectivity index (χ0n) is 8.38. The number of hydrogen-bond acceptors (Lipinski definition) is 2. The second kappa shape index (κ2) is 6.06. The normalized spacial score (nSPS) is 9.00. The van der Waals surface area contributed by atoms with Gasteiger partial charge in [-0.3, -0.25) is 0 Å². The first-order valence-corrected chi connectivity index (χ1v) is 4.80. The fraction of sp³-hybridized carbons (Fsp3) is 0.333. The molecule has 0 unspecified atom stereocenters. The molecule has 0 atom stereocenters. The third-order valence-corrected chi connectivity index (χ3v) is 1.83. The van der Waals surface area contributed by atoms with E-state index in [1.54, 1.807) is 0 Å². The molecule has 0 aromatic heterocycles. The third kappa shape index (κ3) is 3.51. The van der Waals surface area contributed by atoms with Gasteiger partial charge in [-0.15, -0.1) is 0 Å². The van der Waals surface area contributed by atoms with E-state index in [2.05, 4.69) is 17.3 Å². The molecule has 2 heteroatoms. The molecule has 0 aliphatic carbocycles. The van der Waals surface area contributed by atoms with E-state index in [-0.39, 0.29) is 6.61 Å². The first-order valence-electron chi connectivity index (χ1n) is 4.80. The summed E-state index contributed by atoms with van der Waals surface area (Å²) in [4.78, 5) is 0. The van der Waals surface area contributed by atoms with Crippen LogP contribution >= 0.6 is 0 Å². The van der Waals surface area contributed by atoms with Gasteiger partial charge in [0.1, 0.15) is 0 Å². The molecule has 1 aromatic rings. The number of nitrogens with one attached hydrogen (secondary N) is 1. The van der Waals surface area contributed by atoms with Crippen LogP contribution in [0, 0.1) is 12.0 Å². The monoisotopic (exact) mass is 189 g/mol. The van der Waals surface area contributed by atoms with Gasteiger partial charge >= 0.3 is 0 Å². The molecule has 0 aliphatic heterocycles. The Kier molecular flexibility index (Phi) is 4.60. The van der Waals surface area contributed by atoms with Crippen LogP contribution in [0.2, 0.25) is 0 Å². The molecule has 0 radical (unpaired) electrons. The molecule has 1 rings (SSSR count). The van der Waals surface area contributed by atoms with Crippen LogP contribution in [0.4, 0.5) is 0 Å². The molecular formula is C12H15NO. The third-order valence-electron chi connectivity index (χ3n) is 1.83. The molecule has 0 bridgehead atoms. The average molecular weight is 189 g/mol. The van der Waals surface area contributed by atoms with E-state index in [1.165, 1.54) is 0 Å². The van der Waals surface area contributed by atoms with Crippen LogP contribution in [0.5, 0.6) is 0 Å². The van der Waals surface area contributed by atoms with E-state index in [4.69, 9.17) is 5.11 Å². The van der Waals surface area contributed by atoms with Crippen molar-refractivity contribution >= 4 is 0 Å². The fourth-order valence-corrected chi connectivity index (χ4v) is 1.09. The summed E-state index contributed by atoms with van der Waals surface area (Å²) in [5.41, 5.74) is 2.13. The number of aliphatic hydroxyl groups is 1. The highest BCUT2D eigenvalue weighted by molar-refractivity contribution is 5.35. The summed E-state index contributed by atoms with van der Waals surface area (Å²) in [7, 11) is 0. The highest BCUT2D eigenvalue weighted by Gasteiger charge is 1.90. The van der Waals surface area contributed by atoms with Gasteiger partial charge in [-0.25, -0.2) is 0 Å². The zero-order chi connectivity index (χ0) is 10.2. The minimum atomic E-state index is 0.197. The predicted molar refractivity (Wildman–Crippen MR) is 57.8 cm³/mol. The van der Waals surface area contributed by atoms with Gasteiger partial charge in [-0.1, -0.05) is 12.1 Å². The van der Waals surface area contributed by atoms with E-state index in [0.29, 0.717) is 6.42 Å². The highest BCUT2D eigenvalue weighted by Crippen LogP contribution is 2.03. The van der Waals surface area contributed by atoms with Gasteiger partial charge in [0.2, 0.25) is 0 Å². The first-order chi connectivity index (χ1) is 6.86. The van der Waals surface area contributed by atoms with Crippen molar-refractivity contribution in [1.82, 2.24) is 5.32 Å². The maximum atomic E-state index is 8.72. The van der Waals surface area contributed by atoms with Crippen LogP contribution in [0.25, 0.3) is 0 Å². The lowest BCUT2D eigenvalue weighted by Crippen LogP contribution is -2.02. The molecule has 2 N–H and O–H groups in total. The number of rotatable bonds is 3. The molecule has 0 saturated heterocycles. The van der Waals surface area contributed by atoms with Crippen molar-refractivity contribution in [3.8, 4) is 12.0 Å². The Balaban J connectivity index is 2.60. The topological polar surface area (TPSA) is 32.3 Å². The largest absolute Gasteiger partial charge is 0.396 e. The molecule has 0 aliphatic rings. The maximum Gasteiger partial charge on any atom is 0.0471 e. The smallest absolute Gasteiger partial charge is 0.0471 e. The Labute approximate surface area is 85.0 Å². The van der Waals surface area contributed by atoms with Crippen LogP contribution in [-0.4, -0.2) is 18.3 Å². The van der Waals surface area contributed by atoms with Gasteiger partial charge in [0.15, 0.2) is 0 Å². The van der Waals surface area contributed by atoms with E-state index in [0.717, 1.165) is 17.7 Å². The standard InChI is InChI=1S/C12H15NO/c1-2-13-9-7-11-3-5-12(6-4-11)8-10-14/h3-6,13-14H,2,8,10H2,1H3. The molecule has 0 amide bonds. The average Bonchev–Trinajstić information content (AvgIpc) is 2.21. The summed E-state index contributed by atoms with van der Waals surface area (Å²) in [5.74, 6) is 2.99. The maximum absolute atomic E-state index is 8.72. The lowest BCUT2D eigenvalue weighted by molar-refractivity contribution is 0.299. The molecular weight excluding hydrogens is 174 g/mol. The highest BCUT2D eigenvalue weighted by atomic mass is 16.2. The molecule has 2 nitrogen and oxygen atoms in total. The van der Waals surface area contributed by atoms with Crippen molar-refractivity contribution in [3.63, 3.8) is 0 Å². The van der Waals surface area contributed by atoms with Crippen molar-refractivity contribution in [2.75, 3.05) is 13.2 Å². The van der Waals surface area contributed by atoms with Crippen LogP contribution in [-0.2, 0) is 6.42 Å². The Morgan fingerprint density at radius 2 is 2.00 bits per heavy atom. The van der Waals surface area contributed by atoms with Gasteiger partial charge < -0.3 is 10.4 Å². The lowest BCUT2D eigenvalue weighted by Gasteiger charge is -1.97. The van der Waals surface area contributed by atoms with Gasteiger partial charge in [0.05, 0.1) is 0 Å². The predicted octanol–water partition coefficient (Wildman–Crippen LogP) is 1.14. The van der Waals surface area contributed by atoms with Crippen molar-refractivity contribution in [2.45, 2.75) is 13.3 Å². The number of benzene rings is 1. The zero-order valence-corrected chi connectivity index (χ0v) is 8.38. The quantitative estimate of drug-likeness (QED) is 0.552. The molecule has 74 valence electrons. The Morgan fingerprint density at radius 1 is 1.29 bits per heavy atom. The SMILES string of the molecule is CCNC#Cc1ccc(CCO)cc1. The second-order valence-electron chi connectivity index (χ2n) is 2.95. The van der Waals surface area contributed by atoms with E-state index in [1.807, 2.05) is 31.2 Å². The second-order valence-corrected chi connectivity index (χ2v) is 2.95. The van der Waals surface area contributed by atoms with Gasteiger partial charge in [-0.05, 0) is 37.0 Å².